The van der Waals surface area contributed by atoms with E-state index in [0.717, 1.165) is 31.0 Å². The average molecular weight is 301 g/mol. The second kappa shape index (κ2) is 5.49. The highest BCUT2D eigenvalue weighted by Gasteiger charge is 2.31. The van der Waals surface area contributed by atoms with E-state index in [1.807, 2.05) is 6.92 Å². The van der Waals surface area contributed by atoms with Crippen LogP contribution in [0.4, 0.5) is 4.39 Å². The van der Waals surface area contributed by atoms with Crippen molar-refractivity contribution in [2.24, 2.45) is 5.92 Å². The number of hydrogen-bond acceptors (Lipinski definition) is 3. The van der Waals surface area contributed by atoms with Gasteiger partial charge in [0.05, 0.1) is 10.5 Å². The molecule has 1 aromatic rings. The number of carboxylic acids is 1. The molecular formula is C13H16FNO4S. The van der Waals surface area contributed by atoms with E-state index in [-0.39, 0.29) is 0 Å². The maximum absolute atomic E-state index is 13.3. The van der Waals surface area contributed by atoms with Gasteiger partial charge in [0.2, 0.25) is 10.0 Å². The molecule has 0 atom stereocenters. The van der Waals surface area contributed by atoms with E-state index in [1.165, 1.54) is 4.31 Å². The highest BCUT2D eigenvalue weighted by Crippen LogP contribution is 2.26. The number of nitrogens with zero attached hydrogens (tertiary/aromatic N) is 1. The van der Waals surface area contributed by atoms with Crippen molar-refractivity contribution in [2.45, 2.75) is 24.7 Å². The van der Waals surface area contributed by atoms with Gasteiger partial charge in [-0.1, -0.05) is 6.92 Å². The molecule has 1 aliphatic rings. The Hall–Kier alpha value is -1.47. The number of aromatic carboxylic acids is 1. The van der Waals surface area contributed by atoms with Crippen LogP contribution in [0.25, 0.3) is 0 Å². The second-order valence-corrected chi connectivity index (χ2v) is 6.94. The number of sulfonamides is 1. The van der Waals surface area contributed by atoms with E-state index in [1.54, 1.807) is 0 Å². The molecule has 1 fully saturated rings. The van der Waals surface area contributed by atoms with Crippen molar-refractivity contribution in [3.05, 3.63) is 29.6 Å². The molecule has 20 heavy (non-hydrogen) atoms. The number of benzene rings is 1. The Balaban J connectivity index is 2.43. The predicted octanol–water partition coefficient (Wildman–Crippen LogP) is 1.94. The summed E-state index contributed by atoms with van der Waals surface area (Å²) < 4.78 is 39.5. The van der Waals surface area contributed by atoms with Crippen LogP contribution in [0.15, 0.2) is 23.1 Å². The van der Waals surface area contributed by atoms with Gasteiger partial charge in [0.1, 0.15) is 5.82 Å². The van der Waals surface area contributed by atoms with Crippen molar-refractivity contribution < 1.29 is 22.7 Å². The fourth-order valence-electron chi connectivity index (χ4n) is 2.25. The first-order chi connectivity index (χ1) is 9.32. The summed E-state index contributed by atoms with van der Waals surface area (Å²) >= 11 is 0. The lowest BCUT2D eigenvalue weighted by Gasteiger charge is -2.29. The number of piperidine rings is 1. The largest absolute Gasteiger partial charge is 0.478 e. The average Bonchev–Trinajstić information content (AvgIpc) is 2.38. The first-order valence-electron chi connectivity index (χ1n) is 6.35. The maximum Gasteiger partial charge on any atom is 0.337 e. The Morgan fingerprint density at radius 1 is 1.35 bits per heavy atom. The molecule has 1 saturated heterocycles. The Morgan fingerprint density at radius 2 is 1.95 bits per heavy atom. The summed E-state index contributed by atoms with van der Waals surface area (Å²) in [6.45, 7) is 2.70. The van der Waals surface area contributed by atoms with Crippen LogP contribution in [-0.2, 0) is 10.0 Å². The topological polar surface area (TPSA) is 74.7 Å². The minimum Gasteiger partial charge on any atom is -0.478 e. The minimum absolute atomic E-state index is 0.332. The first kappa shape index (κ1) is 14.9. The molecule has 0 aromatic heterocycles. The Bertz CT molecular complexity index is 621. The molecule has 0 spiro atoms. The fraction of sp³-hybridized carbons (Fsp3) is 0.462. The maximum atomic E-state index is 13.3. The number of carboxylic acid groups (broad SMARTS) is 1. The van der Waals surface area contributed by atoms with Gasteiger partial charge in [-0.2, -0.15) is 4.31 Å². The lowest BCUT2D eigenvalue weighted by atomic mass is 10.0. The monoisotopic (exact) mass is 301 g/mol. The fourth-order valence-corrected chi connectivity index (χ4v) is 3.92. The zero-order chi connectivity index (χ0) is 14.9. The smallest absolute Gasteiger partial charge is 0.337 e. The van der Waals surface area contributed by atoms with Crippen molar-refractivity contribution in [3.8, 4) is 0 Å². The highest BCUT2D eigenvalue weighted by molar-refractivity contribution is 7.89. The third-order valence-corrected chi connectivity index (χ3v) is 5.47. The molecule has 2 rings (SSSR count). The van der Waals surface area contributed by atoms with E-state index in [0.29, 0.717) is 19.0 Å². The normalized spacial score (nSPS) is 18.1. The molecular weight excluding hydrogens is 285 g/mol. The Kier molecular flexibility index (Phi) is 4.10. The molecule has 1 aromatic carbocycles. The molecule has 0 radical (unpaired) electrons. The summed E-state index contributed by atoms with van der Waals surface area (Å²) in [5.74, 6) is -1.71. The number of carbonyl (C=O) groups is 1. The van der Waals surface area contributed by atoms with Crippen LogP contribution >= 0.6 is 0 Å². The summed E-state index contributed by atoms with van der Waals surface area (Å²) in [7, 11) is -3.97. The molecule has 0 saturated carbocycles. The summed E-state index contributed by atoms with van der Waals surface area (Å²) in [6.07, 6.45) is 1.44. The summed E-state index contributed by atoms with van der Waals surface area (Å²) in [5, 5.41) is 9.05. The van der Waals surface area contributed by atoms with Gasteiger partial charge in [0.15, 0.2) is 0 Å². The van der Waals surface area contributed by atoms with Gasteiger partial charge < -0.3 is 5.11 Å². The molecule has 1 N–H and O–H groups in total. The van der Waals surface area contributed by atoms with E-state index >= 15 is 0 Å². The van der Waals surface area contributed by atoms with Gasteiger partial charge in [0.25, 0.3) is 0 Å². The SMILES string of the molecule is CC1CCN(S(=O)(=O)c2cc(F)ccc2C(=O)O)CC1. The Morgan fingerprint density at radius 3 is 2.50 bits per heavy atom. The van der Waals surface area contributed by atoms with E-state index in [9.17, 15) is 17.6 Å². The highest BCUT2D eigenvalue weighted by atomic mass is 32.2. The van der Waals surface area contributed by atoms with Crippen LogP contribution in [0.1, 0.15) is 30.1 Å². The zero-order valence-electron chi connectivity index (χ0n) is 11.0. The van der Waals surface area contributed by atoms with Gasteiger partial charge in [-0.25, -0.2) is 17.6 Å². The van der Waals surface area contributed by atoms with E-state index in [2.05, 4.69) is 0 Å². The van der Waals surface area contributed by atoms with Gasteiger partial charge in [-0.05, 0) is 37.0 Å². The van der Waals surface area contributed by atoms with Crippen LogP contribution in [0, 0.1) is 11.7 Å². The van der Waals surface area contributed by atoms with Crippen LogP contribution in [0.2, 0.25) is 0 Å². The van der Waals surface area contributed by atoms with E-state index < -0.39 is 32.3 Å². The van der Waals surface area contributed by atoms with E-state index in [4.69, 9.17) is 5.11 Å². The van der Waals surface area contributed by atoms with Crippen molar-refractivity contribution in [1.82, 2.24) is 4.31 Å². The van der Waals surface area contributed by atoms with Crippen LogP contribution < -0.4 is 0 Å². The molecule has 0 aliphatic carbocycles. The number of hydrogen-bond donors (Lipinski definition) is 1. The summed E-state index contributed by atoms with van der Waals surface area (Å²) in [4.78, 5) is 10.6. The van der Waals surface area contributed by atoms with Crippen molar-refractivity contribution in [3.63, 3.8) is 0 Å². The van der Waals surface area contributed by atoms with Gasteiger partial charge >= 0.3 is 5.97 Å². The Labute approximate surface area is 117 Å². The van der Waals surface area contributed by atoms with Crippen molar-refractivity contribution in [1.29, 1.82) is 0 Å². The third kappa shape index (κ3) is 2.83. The second-order valence-electron chi connectivity index (χ2n) is 5.03. The summed E-state index contributed by atoms with van der Waals surface area (Å²) in [6, 6.07) is 2.70. The lowest BCUT2D eigenvalue weighted by molar-refractivity contribution is 0.0692. The van der Waals surface area contributed by atoms with Gasteiger partial charge in [-0.3, -0.25) is 0 Å². The molecule has 1 aliphatic heterocycles. The third-order valence-electron chi connectivity index (χ3n) is 3.53. The van der Waals surface area contributed by atoms with Gasteiger partial charge in [0, 0.05) is 13.1 Å². The molecule has 1 heterocycles. The van der Waals surface area contributed by atoms with Crippen LogP contribution in [0.3, 0.4) is 0 Å². The van der Waals surface area contributed by atoms with Gasteiger partial charge in [-0.15, -0.1) is 0 Å². The molecule has 0 unspecified atom stereocenters. The minimum atomic E-state index is -3.97. The van der Waals surface area contributed by atoms with Crippen LogP contribution in [0.5, 0.6) is 0 Å². The number of rotatable bonds is 3. The molecule has 0 bridgehead atoms. The molecule has 0 amide bonds. The predicted molar refractivity (Wildman–Crippen MR) is 70.5 cm³/mol. The summed E-state index contributed by atoms with van der Waals surface area (Å²) in [5.41, 5.74) is -0.398. The standard InChI is InChI=1S/C13H16FNO4S/c1-9-4-6-15(7-5-9)20(18,19)12-8-10(14)2-3-11(12)13(16)17/h2-3,8-9H,4-7H2,1H3,(H,16,17). The van der Waals surface area contributed by atoms with Crippen LogP contribution in [-0.4, -0.2) is 36.9 Å². The molecule has 110 valence electrons. The molecule has 7 heteroatoms. The molecule has 5 nitrogen and oxygen atoms in total. The quantitative estimate of drug-likeness (QED) is 0.926. The van der Waals surface area contributed by atoms with Crippen molar-refractivity contribution in [2.75, 3.05) is 13.1 Å². The number of halogens is 1. The zero-order valence-corrected chi connectivity index (χ0v) is 11.9. The first-order valence-corrected chi connectivity index (χ1v) is 7.79. The lowest BCUT2D eigenvalue weighted by Crippen LogP contribution is -2.38. The van der Waals surface area contributed by atoms with Crippen molar-refractivity contribution >= 4 is 16.0 Å².